The van der Waals surface area contributed by atoms with Crippen LogP contribution in [-0.2, 0) is 17.7 Å². The van der Waals surface area contributed by atoms with Crippen LogP contribution in [0, 0.1) is 0 Å². The molecule has 2 heterocycles. The minimum atomic E-state index is -4.53. The Balaban J connectivity index is 1.68. The summed E-state index contributed by atoms with van der Waals surface area (Å²) in [6.07, 6.45) is -1.60. The smallest absolute Gasteiger partial charge is 0.422 e. The molecule has 25 heavy (non-hydrogen) atoms. The number of carbonyl (C=O) groups excluding carboxylic acids is 1. The lowest BCUT2D eigenvalue weighted by atomic mass is 10.3. The summed E-state index contributed by atoms with van der Waals surface area (Å²) in [5, 5.41) is 10.7. The number of thioether (sulfide) groups is 1. The number of aromatic nitrogens is 4. The molecule has 0 radical (unpaired) electrons. The fourth-order valence-electron chi connectivity index (χ4n) is 1.78. The van der Waals surface area contributed by atoms with Gasteiger partial charge in [-0.25, -0.2) is 4.79 Å². The molecule has 0 fully saturated rings. The van der Waals surface area contributed by atoms with Crippen LogP contribution in [0.5, 0.6) is 0 Å². The molecule has 0 atom stereocenters. The third-order valence-electron chi connectivity index (χ3n) is 2.88. The van der Waals surface area contributed by atoms with Gasteiger partial charge in [0.25, 0.3) is 0 Å². The van der Waals surface area contributed by atoms with E-state index in [0.29, 0.717) is 23.9 Å². The van der Waals surface area contributed by atoms with Crippen molar-refractivity contribution in [3.05, 3.63) is 36.4 Å². The van der Waals surface area contributed by atoms with Gasteiger partial charge in [-0.05, 0) is 12.1 Å². The van der Waals surface area contributed by atoms with Gasteiger partial charge in [-0.15, -0.1) is 10.2 Å². The monoisotopic (exact) mass is 375 g/mol. The van der Waals surface area contributed by atoms with Crippen molar-refractivity contribution < 1.29 is 22.7 Å². The van der Waals surface area contributed by atoms with Gasteiger partial charge >= 0.3 is 12.3 Å². The zero-order valence-electron chi connectivity index (χ0n) is 13.1. The SMILES string of the molecule is O=C(NCCSc1nncn1CCc1ccccn1)OCC(F)(F)F. The maximum Gasteiger partial charge on any atom is 0.422 e. The number of alkyl halides is 3. The number of carbonyl (C=O) groups is 1. The van der Waals surface area contributed by atoms with Crippen molar-refractivity contribution in [1.29, 1.82) is 0 Å². The van der Waals surface area contributed by atoms with Crippen LogP contribution in [-0.4, -0.2) is 50.9 Å². The number of pyridine rings is 1. The van der Waals surface area contributed by atoms with E-state index in [1.165, 1.54) is 11.8 Å². The van der Waals surface area contributed by atoms with Crippen molar-refractivity contribution in [2.45, 2.75) is 24.3 Å². The molecule has 0 saturated heterocycles. The highest BCUT2D eigenvalue weighted by atomic mass is 32.2. The summed E-state index contributed by atoms with van der Waals surface area (Å²) < 4.78 is 41.6. The number of hydrogen-bond acceptors (Lipinski definition) is 6. The fraction of sp³-hybridized carbons (Fsp3) is 0.429. The summed E-state index contributed by atoms with van der Waals surface area (Å²) in [5.41, 5.74) is 0.946. The van der Waals surface area contributed by atoms with Crippen molar-refractivity contribution in [1.82, 2.24) is 25.1 Å². The number of nitrogens with zero attached hydrogens (tertiary/aromatic N) is 4. The number of aryl methyl sites for hydroxylation is 2. The standard InChI is InChI=1S/C14H16F3N5O2S/c15-14(16,17)9-24-13(23)19-6-8-25-12-21-20-10-22(12)7-4-11-3-1-2-5-18-11/h1-3,5,10H,4,6-9H2,(H,19,23). The Morgan fingerprint density at radius 1 is 1.36 bits per heavy atom. The zero-order valence-corrected chi connectivity index (χ0v) is 13.9. The van der Waals surface area contributed by atoms with Gasteiger partial charge in [-0.2, -0.15) is 13.2 Å². The van der Waals surface area contributed by atoms with Gasteiger partial charge in [0, 0.05) is 37.2 Å². The zero-order chi connectivity index (χ0) is 18.1. The Kier molecular flexibility index (Phi) is 7.04. The third-order valence-corrected chi connectivity index (χ3v) is 3.87. The summed E-state index contributed by atoms with van der Waals surface area (Å²) >= 11 is 1.33. The van der Waals surface area contributed by atoms with Crippen molar-refractivity contribution in [3.63, 3.8) is 0 Å². The molecular formula is C14H16F3N5O2S. The number of halogens is 3. The number of ether oxygens (including phenoxy) is 1. The summed E-state index contributed by atoms with van der Waals surface area (Å²) in [5.74, 6) is 0.420. The maximum atomic E-state index is 11.9. The van der Waals surface area contributed by atoms with Crippen LogP contribution in [0.3, 0.4) is 0 Å². The first-order chi connectivity index (χ1) is 11.9. The summed E-state index contributed by atoms with van der Waals surface area (Å²) in [4.78, 5) is 15.3. The molecule has 0 aliphatic carbocycles. The summed E-state index contributed by atoms with van der Waals surface area (Å²) in [7, 11) is 0. The Morgan fingerprint density at radius 3 is 2.92 bits per heavy atom. The van der Waals surface area contributed by atoms with Gasteiger partial charge in [0.1, 0.15) is 6.33 Å². The van der Waals surface area contributed by atoms with Crippen LogP contribution < -0.4 is 5.32 Å². The molecule has 0 aliphatic rings. The van der Waals surface area contributed by atoms with Crippen LogP contribution in [0.1, 0.15) is 5.69 Å². The lowest BCUT2D eigenvalue weighted by Gasteiger charge is -2.09. The number of amides is 1. The van der Waals surface area contributed by atoms with Crippen molar-refractivity contribution in [2.75, 3.05) is 18.9 Å². The van der Waals surface area contributed by atoms with Gasteiger partial charge in [-0.3, -0.25) is 4.98 Å². The molecule has 7 nitrogen and oxygen atoms in total. The molecule has 1 amide bonds. The van der Waals surface area contributed by atoms with E-state index in [-0.39, 0.29) is 6.54 Å². The van der Waals surface area contributed by atoms with E-state index in [9.17, 15) is 18.0 Å². The normalized spacial score (nSPS) is 11.3. The maximum absolute atomic E-state index is 11.9. The minimum Gasteiger partial charge on any atom is -0.440 e. The van der Waals surface area contributed by atoms with Gasteiger partial charge in [0.2, 0.25) is 0 Å². The lowest BCUT2D eigenvalue weighted by Crippen LogP contribution is -2.30. The second kappa shape index (κ2) is 9.25. The lowest BCUT2D eigenvalue weighted by molar-refractivity contribution is -0.160. The second-order valence-electron chi connectivity index (χ2n) is 4.84. The summed E-state index contributed by atoms with van der Waals surface area (Å²) in [6, 6.07) is 5.68. The Labute approximate surface area is 146 Å². The van der Waals surface area contributed by atoms with E-state index in [1.807, 2.05) is 22.8 Å². The average molecular weight is 375 g/mol. The molecule has 0 unspecified atom stereocenters. The van der Waals surface area contributed by atoms with Gasteiger partial charge in [0.05, 0.1) is 0 Å². The molecule has 0 aromatic carbocycles. The molecule has 0 bridgehead atoms. The Bertz CT molecular complexity index is 666. The fourth-order valence-corrected chi connectivity index (χ4v) is 2.58. The molecule has 0 saturated carbocycles. The van der Waals surface area contributed by atoms with Gasteiger partial charge in [0.15, 0.2) is 11.8 Å². The molecule has 1 N–H and O–H groups in total. The molecule has 0 aliphatic heterocycles. The number of rotatable bonds is 8. The molecule has 136 valence electrons. The van der Waals surface area contributed by atoms with E-state index in [4.69, 9.17) is 0 Å². The van der Waals surface area contributed by atoms with E-state index in [0.717, 1.165) is 5.69 Å². The third kappa shape index (κ3) is 7.42. The Hall–Kier alpha value is -2.30. The second-order valence-corrected chi connectivity index (χ2v) is 5.91. The molecular weight excluding hydrogens is 359 g/mol. The largest absolute Gasteiger partial charge is 0.440 e. The highest BCUT2D eigenvalue weighted by Gasteiger charge is 2.29. The van der Waals surface area contributed by atoms with E-state index in [2.05, 4.69) is 25.2 Å². The van der Waals surface area contributed by atoms with Crippen molar-refractivity contribution >= 4 is 17.9 Å². The van der Waals surface area contributed by atoms with Gasteiger partial charge in [-0.1, -0.05) is 17.8 Å². The van der Waals surface area contributed by atoms with Gasteiger partial charge < -0.3 is 14.6 Å². The predicted octanol–water partition coefficient (Wildman–Crippen LogP) is 2.30. The average Bonchev–Trinajstić information content (AvgIpc) is 3.03. The highest BCUT2D eigenvalue weighted by molar-refractivity contribution is 7.99. The Morgan fingerprint density at radius 2 is 2.20 bits per heavy atom. The first kappa shape index (κ1) is 19.0. The first-order valence-corrected chi connectivity index (χ1v) is 8.30. The highest BCUT2D eigenvalue weighted by Crippen LogP contribution is 2.15. The number of alkyl carbamates (subject to hydrolysis) is 1. The quantitative estimate of drug-likeness (QED) is 0.563. The van der Waals surface area contributed by atoms with Crippen molar-refractivity contribution in [3.8, 4) is 0 Å². The molecule has 2 aromatic heterocycles. The minimum absolute atomic E-state index is 0.147. The molecule has 0 spiro atoms. The summed E-state index contributed by atoms with van der Waals surface area (Å²) in [6.45, 7) is -0.810. The van der Waals surface area contributed by atoms with Crippen LogP contribution in [0.25, 0.3) is 0 Å². The first-order valence-electron chi connectivity index (χ1n) is 7.32. The number of hydrogen-bond donors (Lipinski definition) is 1. The van der Waals surface area contributed by atoms with E-state index in [1.54, 1.807) is 12.5 Å². The van der Waals surface area contributed by atoms with Crippen molar-refractivity contribution in [2.24, 2.45) is 0 Å². The molecule has 2 rings (SSSR count). The number of nitrogens with one attached hydrogen (secondary N) is 1. The van der Waals surface area contributed by atoms with Crippen LogP contribution in [0.4, 0.5) is 18.0 Å². The van der Waals surface area contributed by atoms with Crippen LogP contribution >= 0.6 is 11.8 Å². The topological polar surface area (TPSA) is 81.9 Å². The van der Waals surface area contributed by atoms with E-state index < -0.39 is 18.9 Å². The predicted molar refractivity (Wildman–Crippen MR) is 84.1 cm³/mol. The van der Waals surface area contributed by atoms with Crippen LogP contribution in [0.2, 0.25) is 0 Å². The molecule has 2 aromatic rings. The van der Waals surface area contributed by atoms with Crippen LogP contribution in [0.15, 0.2) is 35.9 Å². The van der Waals surface area contributed by atoms with E-state index >= 15 is 0 Å². The molecule has 11 heteroatoms.